The Hall–Kier alpha value is -1.33. The molecule has 0 saturated carbocycles. The van der Waals surface area contributed by atoms with E-state index in [1.807, 2.05) is 6.92 Å². The lowest BCUT2D eigenvalue weighted by Gasteiger charge is -2.06. The highest BCUT2D eigenvalue weighted by molar-refractivity contribution is 6.29. The van der Waals surface area contributed by atoms with Crippen LogP contribution in [0.25, 0.3) is 0 Å². The first-order valence-electron chi connectivity index (χ1n) is 5.42. The van der Waals surface area contributed by atoms with Crippen LogP contribution < -0.4 is 11.1 Å². The van der Waals surface area contributed by atoms with Crippen molar-refractivity contribution in [3.8, 4) is 0 Å². The lowest BCUT2D eigenvalue weighted by molar-refractivity contribution is 0.0944. The maximum Gasteiger partial charge on any atom is 0.251 e. The van der Waals surface area contributed by atoms with Crippen molar-refractivity contribution in [2.24, 2.45) is 0 Å². The number of nitrogen functional groups attached to an aromatic ring is 1. The molecule has 0 aromatic carbocycles. The fraction of sp³-hybridized carbons (Fsp3) is 0.455. The van der Waals surface area contributed by atoms with E-state index in [0.29, 0.717) is 25.3 Å². The van der Waals surface area contributed by atoms with Crippen molar-refractivity contribution in [3.05, 3.63) is 22.8 Å². The Kier molecular flexibility index (Phi) is 5.72. The number of ether oxygens (including phenoxy) is 1. The molecule has 0 aliphatic heterocycles. The number of nitrogens with zero attached hydrogens (tertiary/aromatic N) is 1. The maximum atomic E-state index is 11.7. The van der Waals surface area contributed by atoms with E-state index in [0.717, 1.165) is 6.42 Å². The SMILES string of the molecule is CCOCCCNC(=O)c1cc(N)nc(Cl)c1. The first kappa shape index (κ1) is 13.7. The van der Waals surface area contributed by atoms with Crippen LogP contribution in [0.1, 0.15) is 23.7 Å². The number of nitrogens with two attached hydrogens (primary N) is 1. The monoisotopic (exact) mass is 257 g/mol. The maximum absolute atomic E-state index is 11.7. The highest BCUT2D eigenvalue weighted by Crippen LogP contribution is 2.11. The zero-order valence-corrected chi connectivity index (χ0v) is 10.5. The van der Waals surface area contributed by atoms with Crippen LogP contribution in [0, 0.1) is 0 Å². The van der Waals surface area contributed by atoms with E-state index in [1.165, 1.54) is 12.1 Å². The fourth-order valence-electron chi connectivity index (χ4n) is 1.27. The van der Waals surface area contributed by atoms with E-state index in [1.54, 1.807) is 0 Å². The number of hydrogen-bond acceptors (Lipinski definition) is 4. The topological polar surface area (TPSA) is 77.2 Å². The molecule has 0 fully saturated rings. The second-order valence-corrected chi connectivity index (χ2v) is 3.80. The van der Waals surface area contributed by atoms with Gasteiger partial charge >= 0.3 is 0 Å². The van der Waals surface area contributed by atoms with Gasteiger partial charge in [-0.25, -0.2) is 4.98 Å². The molecule has 1 rings (SSSR count). The van der Waals surface area contributed by atoms with Crippen LogP contribution in [0.4, 0.5) is 5.82 Å². The second kappa shape index (κ2) is 7.09. The van der Waals surface area contributed by atoms with Gasteiger partial charge in [0, 0.05) is 25.3 Å². The number of carbonyl (C=O) groups excluding carboxylic acids is 1. The number of nitrogens with one attached hydrogen (secondary N) is 1. The van der Waals surface area contributed by atoms with Gasteiger partial charge in [-0.1, -0.05) is 11.6 Å². The molecule has 0 spiro atoms. The first-order chi connectivity index (χ1) is 8.13. The summed E-state index contributed by atoms with van der Waals surface area (Å²) in [6, 6.07) is 2.97. The number of hydrogen-bond donors (Lipinski definition) is 2. The number of anilines is 1. The number of pyridine rings is 1. The molecule has 5 nitrogen and oxygen atoms in total. The Morgan fingerprint density at radius 1 is 1.59 bits per heavy atom. The largest absolute Gasteiger partial charge is 0.384 e. The van der Waals surface area contributed by atoms with Crippen molar-refractivity contribution in [1.29, 1.82) is 0 Å². The molecule has 1 aromatic rings. The van der Waals surface area contributed by atoms with Crippen LogP contribution in [0.2, 0.25) is 5.15 Å². The number of aromatic nitrogens is 1. The normalized spacial score (nSPS) is 10.2. The Morgan fingerprint density at radius 3 is 3.00 bits per heavy atom. The summed E-state index contributed by atoms with van der Waals surface area (Å²) in [6.45, 7) is 3.81. The summed E-state index contributed by atoms with van der Waals surface area (Å²) in [4.78, 5) is 15.5. The Bertz CT molecular complexity index is 365. The molecule has 0 aliphatic rings. The Labute approximate surface area is 105 Å². The molecule has 6 heteroatoms. The molecule has 0 saturated heterocycles. The highest BCUT2D eigenvalue weighted by atomic mass is 35.5. The van der Waals surface area contributed by atoms with E-state index in [-0.39, 0.29) is 16.9 Å². The predicted molar refractivity (Wildman–Crippen MR) is 67.1 cm³/mol. The molecule has 94 valence electrons. The van der Waals surface area contributed by atoms with Crippen molar-refractivity contribution in [2.75, 3.05) is 25.5 Å². The molecule has 3 N–H and O–H groups in total. The third-order valence-corrected chi connectivity index (χ3v) is 2.22. The number of rotatable bonds is 6. The standard InChI is InChI=1S/C11H16ClN3O2/c1-2-17-5-3-4-14-11(16)8-6-9(12)15-10(13)7-8/h6-7H,2-5H2,1H3,(H2,13,15)(H,14,16). The molecular formula is C11H16ClN3O2. The van der Waals surface area contributed by atoms with Gasteiger partial charge in [-0.15, -0.1) is 0 Å². The lowest BCUT2D eigenvalue weighted by Crippen LogP contribution is -2.25. The highest BCUT2D eigenvalue weighted by Gasteiger charge is 2.07. The zero-order chi connectivity index (χ0) is 12.7. The summed E-state index contributed by atoms with van der Waals surface area (Å²) >= 11 is 5.71. The van der Waals surface area contributed by atoms with Crippen LogP contribution in [-0.4, -0.2) is 30.6 Å². The predicted octanol–water partition coefficient (Wildman–Crippen LogP) is 1.47. The van der Waals surface area contributed by atoms with E-state index in [9.17, 15) is 4.79 Å². The number of halogens is 1. The van der Waals surface area contributed by atoms with Crippen LogP contribution >= 0.6 is 11.6 Å². The molecule has 0 aliphatic carbocycles. The fourth-order valence-corrected chi connectivity index (χ4v) is 1.49. The van der Waals surface area contributed by atoms with Gasteiger partial charge in [-0.3, -0.25) is 4.79 Å². The summed E-state index contributed by atoms with van der Waals surface area (Å²) in [5.41, 5.74) is 5.91. The van der Waals surface area contributed by atoms with Gasteiger partial charge < -0.3 is 15.8 Å². The Balaban J connectivity index is 2.41. The van der Waals surface area contributed by atoms with Crippen LogP contribution in [0.3, 0.4) is 0 Å². The summed E-state index contributed by atoms with van der Waals surface area (Å²) in [6.07, 6.45) is 0.772. The van der Waals surface area contributed by atoms with Gasteiger partial charge in [0.1, 0.15) is 11.0 Å². The van der Waals surface area contributed by atoms with Gasteiger partial charge in [0.05, 0.1) is 0 Å². The second-order valence-electron chi connectivity index (χ2n) is 3.41. The van der Waals surface area contributed by atoms with Crippen molar-refractivity contribution >= 4 is 23.3 Å². The van der Waals surface area contributed by atoms with Crippen molar-refractivity contribution in [1.82, 2.24) is 10.3 Å². The molecule has 0 unspecified atom stereocenters. The Morgan fingerprint density at radius 2 is 2.35 bits per heavy atom. The van der Waals surface area contributed by atoms with Crippen molar-refractivity contribution < 1.29 is 9.53 Å². The lowest BCUT2D eigenvalue weighted by atomic mass is 10.2. The summed E-state index contributed by atoms with van der Waals surface area (Å²) in [7, 11) is 0. The molecule has 1 heterocycles. The summed E-state index contributed by atoms with van der Waals surface area (Å²) in [5, 5.41) is 2.96. The molecule has 0 bridgehead atoms. The van der Waals surface area contributed by atoms with E-state index >= 15 is 0 Å². The third-order valence-electron chi connectivity index (χ3n) is 2.03. The van der Waals surface area contributed by atoms with E-state index in [2.05, 4.69) is 10.3 Å². The minimum atomic E-state index is -0.211. The van der Waals surface area contributed by atoms with Gasteiger partial charge in [-0.05, 0) is 25.5 Å². The van der Waals surface area contributed by atoms with E-state index in [4.69, 9.17) is 22.1 Å². The van der Waals surface area contributed by atoms with Gasteiger partial charge in [0.25, 0.3) is 5.91 Å². The minimum absolute atomic E-state index is 0.211. The molecule has 0 atom stereocenters. The van der Waals surface area contributed by atoms with Gasteiger partial charge in [0.2, 0.25) is 0 Å². The molecular weight excluding hydrogens is 242 g/mol. The number of carbonyl (C=O) groups is 1. The third kappa shape index (κ3) is 5.01. The zero-order valence-electron chi connectivity index (χ0n) is 9.70. The quantitative estimate of drug-likeness (QED) is 0.598. The average molecular weight is 258 g/mol. The van der Waals surface area contributed by atoms with Crippen LogP contribution in [0.15, 0.2) is 12.1 Å². The number of amides is 1. The molecule has 1 aromatic heterocycles. The molecule has 17 heavy (non-hydrogen) atoms. The van der Waals surface area contributed by atoms with Crippen molar-refractivity contribution in [3.63, 3.8) is 0 Å². The minimum Gasteiger partial charge on any atom is -0.384 e. The summed E-state index contributed by atoms with van der Waals surface area (Å²) < 4.78 is 5.16. The smallest absolute Gasteiger partial charge is 0.251 e. The van der Waals surface area contributed by atoms with Crippen molar-refractivity contribution in [2.45, 2.75) is 13.3 Å². The van der Waals surface area contributed by atoms with Gasteiger partial charge in [-0.2, -0.15) is 0 Å². The van der Waals surface area contributed by atoms with E-state index < -0.39 is 0 Å². The first-order valence-corrected chi connectivity index (χ1v) is 5.80. The molecule has 1 amide bonds. The molecule has 0 radical (unpaired) electrons. The average Bonchev–Trinajstić information content (AvgIpc) is 2.27. The van der Waals surface area contributed by atoms with Gasteiger partial charge in [0.15, 0.2) is 0 Å². The van der Waals surface area contributed by atoms with Crippen LogP contribution in [0.5, 0.6) is 0 Å². The van der Waals surface area contributed by atoms with Crippen LogP contribution in [-0.2, 0) is 4.74 Å². The summed E-state index contributed by atoms with van der Waals surface area (Å²) in [5.74, 6) is 0.0227.